The first-order valence-electron chi connectivity index (χ1n) is 6.99. The molecule has 0 bridgehead atoms. The number of hydrogen-bond donors (Lipinski definition) is 0. The van der Waals surface area contributed by atoms with Gasteiger partial charge in [0.15, 0.2) is 0 Å². The van der Waals surface area contributed by atoms with Crippen molar-refractivity contribution in [3.8, 4) is 0 Å². The molecule has 2 aliphatic carbocycles. The molecule has 0 fully saturated rings. The summed E-state index contributed by atoms with van der Waals surface area (Å²) in [5.74, 6) is 0. The summed E-state index contributed by atoms with van der Waals surface area (Å²) in [5.41, 5.74) is 4.55. The van der Waals surface area contributed by atoms with Gasteiger partial charge in [0.2, 0.25) is 0 Å². The molecule has 0 N–H and O–H groups in total. The number of rotatable bonds is 2. The Morgan fingerprint density at radius 3 is 2.48 bits per heavy atom. The average molecular weight is 401 g/mol. The largest absolute Gasteiger partial charge is 0.147 e. The third-order valence-electron chi connectivity index (χ3n) is 4.10. The van der Waals surface area contributed by atoms with Gasteiger partial charge in [0.05, 0.1) is 0 Å². The van der Waals surface area contributed by atoms with E-state index >= 15 is 0 Å². The Hall–Kier alpha value is -0.227. The maximum Gasteiger partial charge on any atom is -0.147 e. The number of allylic oxidation sites excluding steroid dienone is 6. The van der Waals surface area contributed by atoms with Crippen LogP contribution in [0.2, 0.25) is 0 Å². The summed E-state index contributed by atoms with van der Waals surface area (Å²) in [5, 5.41) is 0. The molecule has 3 heteroatoms. The summed E-state index contributed by atoms with van der Waals surface area (Å²) < 4.78 is 4.19. The molecule has 0 saturated heterocycles. The second-order valence-electron chi connectivity index (χ2n) is 5.65. The first-order chi connectivity index (χ1) is 9.18. The van der Waals surface area contributed by atoms with Crippen molar-refractivity contribution in [1.82, 2.24) is 0 Å². The van der Waals surface area contributed by atoms with Gasteiger partial charge < -0.3 is 0 Å². The summed E-state index contributed by atoms with van der Waals surface area (Å²) in [6, 6.07) is 9.00. The summed E-state index contributed by atoms with van der Waals surface area (Å²) in [7, 11) is 0. The van der Waals surface area contributed by atoms with Crippen molar-refractivity contribution in [3.05, 3.63) is 63.0 Å². The van der Waals surface area contributed by atoms with Gasteiger partial charge in [-0.2, -0.15) is 0 Å². The molecule has 0 amide bonds. The fourth-order valence-electron chi connectivity index (χ4n) is 3.27. The molecule has 0 nitrogen and oxygen atoms in total. The third kappa shape index (κ3) is 3.58. The van der Waals surface area contributed by atoms with Crippen molar-refractivity contribution in [2.24, 2.45) is 0 Å². The van der Waals surface area contributed by atoms with Crippen LogP contribution in [-0.4, -0.2) is 3.21 Å². The first-order valence-corrected chi connectivity index (χ1v) is 10.9. The topological polar surface area (TPSA) is 0 Å². The average Bonchev–Trinajstić information content (AvgIpc) is 3.00. The Morgan fingerprint density at radius 2 is 1.86 bits per heavy atom. The molecule has 0 aliphatic heterocycles. The Bertz CT molecular complexity index is 647. The molecule has 112 valence electrons. The molecule has 1 aromatic rings. The van der Waals surface area contributed by atoms with Gasteiger partial charge >= 0.3 is 124 Å². The first kappa shape index (κ1) is 18.8. The van der Waals surface area contributed by atoms with Gasteiger partial charge in [-0.1, -0.05) is 0 Å². The van der Waals surface area contributed by atoms with Crippen molar-refractivity contribution < 1.29 is 21.3 Å². The van der Waals surface area contributed by atoms with Gasteiger partial charge in [0, 0.05) is 0 Å². The molecule has 3 rings (SSSR count). The fourth-order valence-corrected chi connectivity index (χ4v) is 11.3. The van der Waals surface area contributed by atoms with Gasteiger partial charge in [-0.25, -0.2) is 0 Å². The predicted octanol–water partition coefficient (Wildman–Crippen LogP) is 5.66. The molecule has 21 heavy (non-hydrogen) atoms. The van der Waals surface area contributed by atoms with Crippen LogP contribution in [-0.2, 0) is 21.3 Å². The SMILES string of the molecule is CC1=C[CH]([Zr]([C]2=CC=CC2)=[C](C)C)c2ccccc21.Cl.Cl. The predicted molar refractivity (Wildman–Crippen MR) is 95.5 cm³/mol. The van der Waals surface area contributed by atoms with E-state index in [1.54, 1.807) is 12.1 Å². The summed E-state index contributed by atoms with van der Waals surface area (Å²) >= 11 is -1.71. The van der Waals surface area contributed by atoms with Gasteiger partial charge in [0.1, 0.15) is 0 Å². The third-order valence-corrected chi connectivity index (χ3v) is 12.1. The molecule has 0 radical (unpaired) electrons. The quantitative estimate of drug-likeness (QED) is 0.601. The fraction of sp³-hybridized carbons (Fsp3) is 0.278. The van der Waals surface area contributed by atoms with Crippen LogP contribution in [0.25, 0.3) is 5.57 Å². The maximum atomic E-state index is 2.55. The van der Waals surface area contributed by atoms with E-state index in [1.807, 2.05) is 0 Å². The number of benzene rings is 1. The molecule has 1 aromatic carbocycles. The van der Waals surface area contributed by atoms with E-state index in [1.165, 1.54) is 17.6 Å². The zero-order valence-electron chi connectivity index (χ0n) is 12.7. The van der Waals surface area contributed by atoms with E-state index in [0.29, 0.717) is 0 Å². The van der Waals surface area contributed by atoms with E-state index in [0.717, 1.165) is 3.63 Å². The molecule has 0 aromatic heterocycles. The number of fused-ring (bicyclic) bond motifs is 1. The minimum absolute atomic E-state index is 0. The Kier molecular flexibility index (Phi) is 7.05. The summed E-state index contributed by atoms with van der Waals surface area (Å²) in [4.78, 5) is 0. The summed E-state index contributed by atoms with van der Waals surface area (Å²) in [6.45, 7) is 6.99. The molecule has 1 unspecified atom stereocenters. The Morgan fingerprint density at radius 1 is 1.14 bits per heavy atom. The van der Waals surface area contributed by atoms with Gasteiger partial charge in [-0.15, -0.1) is 24.8 Å². The second kappa shape index (κ2) is 7.86. The van der Waals surface area contributed by atoms with Crippen LogP contribution in [0, 0.1) is 0 Å². The van der Waals surface area contributed by atoms with Gasteiger partial charge in [-0.3, -0.25) is 0 Å². The van der Waals surface area contributed by atoms with E-state index in [4.69, 9.17) is 0 Å². The van der Waals surface area contributed by atoms with Crippen molar-refractivity contribution in [1.29, 1.82) is 0 Å². The molecular weight excluding hydrogens is 378 g/mol. The van der Waals surface area contributed by atoms with Gasteiger partial charge in [-0.05, 0) is 0 Å². The van der Waals surface area contributed by atoms with Crippen LogP contribution < -0.4 is 0 Å². The molecular formula is C18H22Cl2Zr. The van der Waals surface area contributed by atoms with Crippen molar-refractivity contribution in [2.75, 3.05) is 0 Å². The van der Waals surface area contributed by atoms with Crippen LogP contribution in [0.3, 0.4) is 0 Å². The number of hydrogen-bond acceptors (Lipinski definition) is 0. The zero-order valence-corrected chi connectivity index (χ0v) is 16.8. The smallest absolute Gasteiger partial charge is 0.147 e. The van der Waals surface area contributed by atoms with Crippen LogP contribution in [0.15, 0.2) is 51.9 Å². The second-order valence-corrected chi connectivity index (χ2v) is 13.3. The van der Waals surface area contributed by atoms with E-state index in [2.05, 4.69) is 69.3 Å². The molecule has 0 heterocycles. The Labute approximate surface area is 148 Å². The molecule has 1 atom stereocenters. The standard InChI is InChI=1S/C10H9.C5H5.C3H6.2ClH.Zr/c1-8-6-7-9-4-2-3-5-10(8)9;1-2-4-5-3-1;1-3-2;;;/h2-7H,1H3;1-3H,4H2;1-2H3;2*1H;. The maximum absolute atomic E-state index is 2.55. The minimum atomic E-state index is -1.71. The van der Waals surface area contributed by atoms with Crippen molar-refractivity contribution >= 4 is 33.6 Å². The van der Waals surface area contributed by atoms with E-state index in [-0.39, 0.29) is 24.8 Å². The monoisotopic (exact) mass is 398 g/mol. The van der Waals surface area contributed by atoms with Crippen LogP contribution in [0.5, 0.6) is 0 Å². The van der Waals surface area contributed by atoms with Crippen molar-refractivity contribution in [3.63, 3.8) is 0 Å². The van der Waals surface area contributed by atoms with Crippen LogP contribution >= 0.6 is 24.8 Å². The van der Waals surface area contributed by atoms with Crippen LogP contribution in [0.4, 0.5) is 0 Å². The van der Waals surface area contributed by atoms with E-state index < -0.39 is 21.3 Å². The summed E-state index contributed by atoms with van der Waals surface area (Å²) in [6.07, 6.45) is 10.7. The minimum Gasteiger partial charge on any atom is -0.147 e. The normalized spacial score (nSPS) is 18.1. The molecule has 0 saturated carbocycles. The van der Waals surface area contributed by atoms with Crippen molar-refractivity contribution in [2.45, 2.75) is 30.8 Å². The number of halogens is 2. The molecule has 0 spiro atoms. The van der Waals surface area contributed by atoms with Crippen LogP contribution in [0.1, 0.15) is 41.9 Å². The Balaban J connectivity index is 0.00000110. The van der Waals surface area contributed by atoms with Gasteiger partial charge in [0.25, 0.3) is 0 Å². The van der Waals surface area contributed by atoms with E-state index in [9.17, 15) is 0 Å². The zero-order chi connectivity index (χ0) is 13.4. The molecule has 2 aliphatic rings.